The zero-order valence-electron chi connectivity index (χ0n) is 7.45. The van der Waals surface area contributed by atoms with Crippen LogP contribution in [0.2, 0.25) is 0 Å². The Balaban J connectivity index is 2.40. The summed E-state index contributed by atoms with van der Waals surface area (Å²) in [4.78, 5) is 11.1. The molecule has 0 amide bonds. The van der Waals surface area contributed by atoms with Gasteiger partial charge in [-0.2, -0.15) is 0 Å². The van der Waals surface area contributed by atoms with Crippen LogP contribution in [0.25, 0.3) is 0 Å². The summed E-state index contributed by atoms with van der Waals surface area (Å²) in [6, 6.07) is 3.26. The number of rotatable bonds is 4. The van der Waals surface area contributed by atoms with E-state index in [4.69, 9.17) is 14.3 Å². The largest absolute Gasteiger partial charge is 0.460 e. The van der Waals surface area contributed by atoms with E-state index in [2.05, 4.69) is 0 Å². The van der Waals surface area contributed by atoms with Crippen LogP contribution >= 0.6 is 0 Å². The minimum absolute atomic E-state index is 0.0183. The maximum absolute atomic E-state index is 11.1. The standard InChI is InChI=1S/C9H12O4/c1-7-3-4-8(13-7)9(11)12-6-2-5-10/h3-4,10H,2,5-6H2,1H3. The van der Waals surface area contributed by atoms with E-state index in [1.165, 1.54) is 0 Å². The first-order valence-electron chi connectivity index (χ1n) is 4.08. The van der Waals surface area contributed by atoms with Crippen LogP contribution in [0.4, 0.5) is 0 Å². The zero-order valence-corrected chi connectivity index (χ0v) is 7.45. The Morgan fingerprint density at radius 3 is 2.92 bits per heavy atom. The van der Waals surface area contributed by atoms with Gasteiger partial charge in [0.05, 0.1) is 6.61 Å². The van der Waals surface area contributed by atoms with Crippen LogP contribution in [-0.4, -0.2) is 24.3 Å². The van der Waals surface area contributed by atoms with Crippen molar-refractivity contribution in [2.75, 3.05) is 13.2 Å². The normalized spacial score (nSPS) is 10.0. The molecule has 1 heterocycles. The van der Waals surface area contributed by atoms with Gasteiger partial charge in [0.15, 0.2) is 0 Å². The van der Waals surface area contributed by atoms with Gasteiger partial charge in [-0.1, -0.05) is 0 Å². The van der Waals surface area contributed by atoms with E-state index in [-0.39, 0.29) is 19.0 Å². The smallest absolute Gasteiger partial charge is 0.374 e. The molecule has 0 aliphatic carbocycles. The molecule has 0 unspecified atom stereocenters. The number of aryl methyl sites for hydroxylation is 1. The fraction of sp³-hybridized carbons (Fsp3) is 0.444. The molecule has 4 nitrogen and oxygen atoms in total. The summed E-state index contributed by atoms with van der Waals surface area (Å²) in [5.41, 5.74) is 0. The minimum Gasteiger partial charge on any atom is -0.460 e. The van der Waals surface area contributed by atoms with Crippen molar-refractivity contribution in [1.29, 1.82) is 0 Å². The second-order valence-corrected chi connectivity index (χ2v) is 2.62. The van der Waals surface area contributed by atoms with Gasteiger partial charge in [-0.25, -0.2) is 4.79 Å². The molecule has 0 radical (unpaired) electrons. The van der Waals surface area contributed by atoms with Gasteiger partial charge in [0.1, 0.15) is 5.76 Å². The Labute approximate surface area is 76.1 Å². The van der Waals surface area contributed by atoms with E-state index < -0.39 is 5.97 Å². The molecule has 1 N–H and O–H groups in total. The number of ether oxygens (including phenoxy) is 1. The maximum Gasteiger partial charge on any atom is 0.374 e. The highest BCUT2D eigenvalue weighted by atomic mass is 16.5. The highest BCUT2D eigenvalue weighted by molar-refractivity contribution is 5.86. The van der Waals surface area contributed by atoms with E-state index in [0.29, 0.717) is 12.2 Å². The van der Waals surface area contributed by atoms with E-state index >= 15 is 0 Å². The zero-order chi connectivity index (χ0) is 9.68. The first-order chi connectivity index (χ1) is 6.24. The average Bonchev–Trinajstić information content (AvgIpc) is 2.52. The lowest BCUT2D eigenvalue weighted by atomic mass is 10.4. The molecule has 0 atom stereocenters. The third-order valence-corrected chi connectivity index (χ3v) is 1.48. The quantitative estimate of drug-likeness (QED) is 0.562. The molecule has 0 aliphatic heterocycles. The second kappa shape index (κ2) is 4.67. The van der Waals surface area contributed by atoms with Gasteiger partial charge in [0.25, 0.3) is 0 Å². The summed E-state index contributed by atoms with van der Waals surface area (Å²) in [6.45, 7) is 1.99. The molecular formula is C9H12O4. The number of aliphatic hydroxyl groups excluding tert-OH is 1. The molecule has 0 saturated carbocycles. The summed E-state index contributed by atoms with van der Waals surface area (Å²) in [7, 11) is 0. The number of carbonyl (C=O) groups excluding carboxylic acids is 1. The maximum atomic E-state index is 11.1. The SMILES string of the molecule is Cc1ccc(C(=O)OCCCO)o1. The summed E-state index contributed by atoms with van der Waals surface area (Å²) in [5, 5.41) is 8.44. The second-order valence-electron chi connectivity index (χ2n) is 2.62. The Kier molecular flexibility index (Phi) is 3.52. The predicted octanol–water partition coefficient (Wildman–Crippen LogP) is 1.13. The first kappa shape index (κ1) is 9.80. The lowest BCUT2D eigenvalue weighted by Gasteiger charge is -1.99. The molecule has 0 aliphatic rings. The molecular weight excluding hydrogens is 172 g/mol. The van der Waals surface area contributed by atoms with Crippen LogP contribution in [0.5, 0.6) is 0 Å². The number of hydrogen-bond donors (Lipinski definition) is 1. The monoisotopic (exact) mass is 184 g/mol. The third kappa shape index (κ3) is 2.91. The van der Waals surface area contributed by atoms with Crippen molar-refractivity contribution >= 4 is 5.97 Å². The van der Waals surface area contributed by atoms with E-state index in [0.717, 1.165) is 0 Å². The van der Waals surface area contributed by atoms with Crippen molar-refractivity contribution in [1.82, 2.24) is 0 Å². The number of aliphatic hydroxyl groups is 1. The molecule has 1 aromatic rings. The Morgan fingerprint density at radius 1 is 1.62 bits per heavy atom. The van der Waals surface area contributed by atoms with Crippen LogP contribution < -0.4 is 0 Å². The van der Waals surface area contributed by atoms with Crippen LogP contribution in [0.15, 0.2) is 16.5 Å². The van der Waals surface area contributed by atoms with Crippen molar-refractivity contribution < 1.29 is 19.1 Å². The van der Waals surface area contributed by atoms with Gasteiger partial charge < -0.3 is 14.3 Å². The third-order valence-electron chi connectivity index (χ3n) is 1.48. The summed E-state index contributed by atoms with van der Waals surface area (Å²) < 4.78 is 9.83. The van der Waals surface area contributed by atoms with Crippen LogP contribution in [0.3, 0.4) is 0 Å². The summed E-state index contributed by atoms with van der Waals surface area (Å²) in [6.07, 6.45) is 0.450. The number of furan rings is 1. The molecule has 13 heavy (non-hydrogen) atoms. The van der Waals surface area contributed by atoms with Gasteiger partial charge >= 0.3 is 5.97 Å². The van der Waals surface area contributed by atoms with Crippen molar-refractivity contribution in [3.8, 4) is 0 Å². The van der Waals surface area contributed by atoms with Crippen molar-refractivity contribution in [2.24, 2.45) is 0 Å². The van der Waals surface area contributed by atoms with Crippen LogP contribution in [0, 0.1) is 6.92 Å². The molecule has 0 fully saturated rings. The first-order valence-corrected chi connectivity index (χ1v) is 4.08. The highest BCUT2D eigenvalue weighted by Crippen LogP contribution is 2.07. The molecule has 1 rings (SSSR count). The lowest BCUT2D eigenvalue weighted by Crippen LogP contribution is -2.06. The predicted molar refractivity (Wildman–Crippen MR) is 45.4 cm³/mol. The molecule has 0 spiro atoms. The van der Waals surface area contributed by atoms with Crippen molar-refractivity contribution in [3.63, 3.8) is 0 Å². The minimum atomic E-state index is -0.485. The fourth-order valence-electron chi connectivity index (χ4n) is 0.845. The Morgan fingerprint density at radius 2 is 2.38 bits per heavy atom. The van der Waals surface area contributed by atoms with E-state index in [1.54, 1.807) is 19.1 Å². The van der Waals surface area contributed by atoms with E-state index in [9.17, 15) is 4.79 Å². The van der Waals surface area contributed by atoms with Gasteiger partial charge in [0, 0.05) is 13.0 Å². The average molecular weight is 184 g/mol. The number of carbonyl (C=O) groups is 1. The molecule has 4 heteroatoms. The van der Waals surface area contributed by atoms with Gasteiger partial charge in [-0.15, -0.1) is 0 Å². The fourth-order valence-corrected chi connectivity index (χ4v) is 0.845. The number of esters is 1. The molecule has 0 bridgehead atoms. The van der Waals surface area contributed by atoms with Crippen LogP contribution in [0.1, 0.15) is 22.7 Å². The molecule has 0 aromatic carbocycles. The van der Waals surface area contributed by atoms with Gasteiger partial charge in [0.2, 0.25) is 5.76 Å². The molecule has 0 saturated heterocycles. The molecule has 1 aromatic heterocycles. The van der Waals surface area contributed by atoms with Crippen molar-refractivity contribution in [2.45, 2.75) is 13.3 Å². The van der Waals surface area contributed by atoms with E-state index in [1.807, 2.05) is 0 Å². The lowest BCUT2D eigenvalue weighted by molar-refractivity contribution is 0.0445. The Bertz CT molecular complexity index is 277. The topological polar surface area (TPSA) is 59.7 Å². The van der Waals surface area contributed by atoms with Crippen molar-refractivity contribution in [3.05, 3.63) is 23.7 Å². The molecule has 72 valence electrons. The highest BCUT2D eigenvalue weighted by Gasteiger charge is 2.10. The van der Waals surface area contributed by atoms with Gasteiger partial charge in [-0.05, 0) is 19.1 Å². The summed E-state index contributed by atoms with van der Waals surface area (Å²) >= 11 is 0. The van der Waals surface area contributed by atoms with Gasteiger partial charge in [-0.3, -0.25) is 0 Å². The van der Waals surface area contributed by atoms with Crippen LogP contribution in [-0.2, 0) is 4.74 Å². The summed E-state index contributed by atoms with van der Waals surface area (Å²) in [5.74, 6) is 0.395. The Hall–Kier alpha value is -1.29. The number of hydrogen-bond acceptors (Lipinski definition) is 4.